The number of aryl methyl sites for hydroxylation is 1. The molecule has 79 valence electrons. The van der Waals surface area contributed by atoms with Crippen molar-refractivity contribution in [1.29, 1.82) is 0 Å². The number of rotatable bonds is 1. The van der Waals surface area contributed by atoms with Gasteiger partial charge in [-0.2, -0.15) is 4.98 Å². The lowest BCUT2D eigenvalue weighted by Gasteiger charge is -2.02. The highest BCUT2D eigenvalue weighted by Crippen LogP contribution is 2.39. The van der Waals surface area contributed by atoms with E-state index in [1.54, 1.807) is 11.3 Å². The maximum absolute atomic E-state index is 5.64. The quantitative estimate of drug-likeness (QED) is 0.813. The Balaban J connectivity index is 2.24. The molecule has 2 aromatic rings. The second-order valence-electron chi connectivity index (χ2n) is 3.46. The molecule has 6 heteroatoms. The Bertz CT molecular complexity index is 587. The molecule has 5 nitrogen and oxygen atoms in total. The van der Waals surface area contributed by atoms with Crippen LogP contribution in [-0.4, -0.2) is 16.3 Å². The molecule has 0 amide bonds. The predicted octanol–water partition coefficient (Wildman–Crippen LogP) is 2.01. The molecule has 3 rings (SSSR count). The van der Waals surface area contributed by atoms with E-state index in [9.17, 15) is 0 Å². The van der Waals surface area contributed by atoms with Gasteiger partial charge in [0.25, 0.3) is 0 Å². The van der Waals surface area contributed by atoms with Gasteiger partial charge >= 0.3 is 0 Å². The molecule has 3 heterocycles. The van der Waals surface area contributed by atoms with Crippen LogP contribution in [0.3, 0.4) is 0 Å². The van der Waals surface area contributed by atoms with Gasteiger partial charge in [0.15, 0.2) is 5.82 Å². The van der Waals surface area contributed by atoms with E-state index in [2.05, 4.69) is 31.7 Å². The second kappa shape index (κ2) is 3.28. The first-order chi connectivity index (χ1) is 7.74. The van der Waals surface area contributed by atoms with Crippen molar-refractivity contribution >= 4 is 35.1 Å². The number of thiophene rings is 1. The average molecular weight is 230 g/mol. The van der Waals surface area contributed by atoms with Crippen molar-refractivity contribution in [3.8, 4) is 10.6 Å². The van der Waals surface area contributed by atoms with E-state index in [1.165, 1.54) is 11.9 Å². The molecule has 16 heavy (non-hydrogen) atoms. The van der Waals surface area contributed by atoms with Gasteiger partial charge in [-0.3, -0.25) is 0 Å². The van der Waals surface area contributed by atoms with E-state index >= 15 is 0 Å². The van der Waals surface area contributed by atoms with Gasteiger partial charge in [0.05, 0.1) is 4.88 Å². The van der Waals surface area contributed by atoms with E-state index in [1.807, 2.05) is 6.92 Å². The lowest BCUT2D eigenvalue weighted by atomic mass is 10.2. The maximum Gasteiger partial charge on any atom is 0.222 e. The minimum absolute atomic E-state index is 0.231. The first-order valence-electron chi connectivity index (χ1n) is 4.70. The van der Waals surface area contributed by atoms with Crippen molar-refractivity contribution in [2.24, 2.45) is 4.99 Å². The number of aromatic nitrogens is 2. The average Bonchev–Trinajstić information content (AvgIpc) is 2.84. The van der Waals surface area contributed by atoms with Crippen LogP contribution in [0.25, 0.3) is 10.6 Å². The van der Waals surface area contributed by atoms with Crippen LogP contribution in [0.5, 0.6) is 0 Å². The fraction of sp³-hybridized carbons (Fsp3) is 0.100. The smallest absolute Gasteiger partial charge is 0.222 e. The summed E-state index contributed by atoms with van der Waals surface area (Å²) in [6.07, 6.45) is 1.47. The number of hydrogen-bond acceptors (Lipinski definition) is 5. The molecular weight excluding hydrogens is 222 g/mol. The molecule has 0 unspecified atom stereocenters. The molecule has 0 atom stereocenters. The molecule has 0 aromatic carbocycles. The summed E-state index contributed by atoms with van der Waals surface area (Å²) in [5.74, 6) is 0.780. The zero-order valence-corrected chi connectivity index (χ0v) is 9.32. The largest absolute Gasteiger partial charge is 0.368 e. The number of anilines is 1. The van der Waals surface area contributed by atoms with Crippen molar-refractivity contribution in [1.82, 2.24) is 15.3 Å². The molecule has 0 saturated heterocycles. The van der Waals surface area contributed by atoms with E-state index in [0.717, 1.165) is 10.6 Å². The third kappa shape index (κ3) is 1.35. The fourth-order valence-corrected chi connectivity index (χ4v) is 2.43. The lowest BCUT2D eigenvalue weighted by Crippen LogP contribution is -1.99. The minimum atomic E-state index is 0.231. The molecule has 0 saturated carbocycles. The molecular formula is C10H8N5S. The summed E-state index contributed by atoms with van der Waals surface area (Å²) in [6, 6.07) is 2.06. The molecule has 0 aliphatic carbocycles. The third-order valence-electron chi connectivity index (χ3n) is 2.21. The number of nitrogens with zero attached hydrogens (tertiary/aromatic N) is 4. The highest BCUT2D eigenvalue weighted by atomic mass is 32.1. The molecule has 2 N–H and O–H groups in total. The molecule has 0 bridgehead atoms. The summed E-state index contributed by atoms with van der Waals surface area (Å²) >= 11 is 1.62. The summed E-state index contributed by atoms with van der Waals surface area (Å²) in [5.41, 5.74) is 8.31. The highest BCUT2D eigenvalue weighted by Gasteiger charge is 2.19. The minimum Gasteiger partial charge on any atom is -0.368 e. The van der Waals surface area contributed by atoms with Gasteiger partial charge in [0.1, 0.15) is 17.7 Å². The Morgan fingerprint density at radius 2 is 2.19 bits per heavy atom. The van der Waals surface area contributed by atoms with Crippen LogP contribution in [-0.2, 0) is 0 Å². The third-order valence-corrected chi connectivity index (χ3v) is 3.27. The molecule has 0 fully saturated rings. The maximum atomic E-state index is 5.64. The SMILES string of the molecule is Cc1csc(-c2nc(N)nc3c2N=C[N]3)c1. The normalized spacial score (nSPS) is 12.6. The number of aliphatic imine (C=N–C) groups is 1. The topological polar surface area (TPSA) is 78.3 Å². The van der Waals surface area contributed by atoms with Gasteiger partial charge in [-0.05, 0) is 23.9 Å². The Labute approximate surface area is 96.1 Å². The van der Waals surface area contributed by atoms with Crippen molar-refractivity contribution < 1.29 is 0 Å². The Morgan fingerprint density at radius 1 is 1.31 bits per heavy atom. The highest BCUT2D eigenvalue weighted by molar-refractivity contribution is 7.13. The van der Waals surface area contributed by atoms with Crippen molar-refractivity contribution in [3.63, 3.8) is 0 Å². The number of fused-ring (bicyclic) bond motifs is 1. The van der Waals surface area contributed by atoms with Crippen LogP contribution in [0.15, 0.2) is 16.4 Å². The first kappa shape index (κ1) is 9.29. The number of hydrogen-bond donors (Lipinski definition) is 1. The fourth-order valence-electron chi connectivity index (χ4n) is 1.54. The van der Waals surface area contributed by atoms with Gasteiger partial charge in [-0.15, -0.1) is 11.3 Å². The number of nitrogens with two attached hydrogens (primary N) is 1. The van der Waals surface area contributed by atoms with Crippen LogP contribution in [0.1, 0.15) is 5.56 Å². The van der Waals surface area contributed by atoms with E-state index < -0.39 is 0 Å². The van der Waals surface area contributed by atoms with E-state index in [-0.39, 0.29) is 5.95 Å². The van der Waals surface area contributed by atoms with Crippen molar-refractivity contribution in [3.05, 3.63) is 17.0 Å². The first-order valence-corrected chi connectivity index (χ1v) is 5.58. The molecule has 1 aliphatic heterocycles. The lowest BCUT2D eigenvalue weighted by molar-refractivity contribution is 1.14. The summed E-state index contributed by atoms with van der Waals surface area (Å²) in [5, 5.41) is 6.10. The Morgan fingerprint density at radius 3 is 2.94 bits per heavy atom. The summed E-state index contributed by atoms with van der Waals surface area (Å²) in [7, 11) is 0. The van der Waals surface area contributed by atoms with E-state index in [4.69, 9.17) is 5.73 Å². The zero-order chi connectivity index (χ0) is 11.1. The van der Waals surface area contributed by atoms with Crippen LogP contribution < -0.4 is 11.1 Å². The van der Waals surface area contributed by atoms with Crippen LogP contribution >= 0.6 is 11.3 Å². The van der Waals surface area contributed by atoms with Gasteiger partial charge in [-0.25, -0.2) is 15.3 Å². The number of nitrogen functional groups attached to an aromatic ring is 1. The van der Waals surface area contributed by atoms with Crippen LogP contribution in [0.2, 0.25) is 0 Å². The summed E-state index contributed by atoms with van der Waals surface area (Å²) in [6.45, 7) is 2.04. The van der Waals surface area contributed by atoms with Gasteiger partial charge in [0.2, 0.25) is 5.95 Å². The second-order valence-corrected chi connectivity index (χ2v) is 4.38. The van der Waals surface area contributed by atoms with Gasteiger partial charge < -0.3 is 5.73 Å². The Hall–Kier alpha value is -1.95. The standard InChI is InChI=1S/C10H8N5S/c1-5-2-6(16-3-5)7-8-9(13-4-12-8)15-10(11)14-7/h2-4H,1H3,(H2,11,14,15). The van der Waals surface area contributed by atoms with Crippen LogP contribution in [0, 0.1) is 6.92 Å². The van der Waals surface area contributed by atoms with Crippen molar-refractivity contribution in [2.75, 3.05) is 5.73 Å². The molecule has 1 radical (unpaired) electrons. The molecule has 0 spiro atoms. The van der Waals surface area contributed by atoms with E-state index in [0.29, 0.717) is 11.5 Å². The van der Waals surface area contributed by atoms with Gasteiger partial charge in [0, 0.05) is 0 Å². The summed E-state index contributed by atoms with van der Waals surface area (Å²) in [4.78, 5) is 13.5. The predicted molar refractivity (Wildman–Crippen MR) is 64.4 cm³/mol. The van der Waals surface area contributed by atoms with Gasteiger partial charge in [-0.1, -0.05) is 0 Å². The van der Waals surface area contributed by atoms with Crippen LogP contribution in [0.4, 0.5) is 17.5 Å². The zero-order valence-electron chi connectivity index (χ0n) is 8.51. The summed E-state index contributed by atoms with van der Waals surface area (Å²) < 4.78 is 0. The van der Waals surface area contributed by atoms with Crippen molar-refractivity contribution in [2.45, 2.75) is 6.92 Å². The monoisotopic (exact) mass is 230 g/mol. The molecule has 2 aromatic heterocycles. The molecule has 1 aliphatic rings. The Kier molecular flexibility index (Phi) is 1.90.